The van der Waals surface area contributed by atoms with Gasteiger partial charge in [-0.05, 0) is 37.4 Å². The van der Waals surface area contributed by atoms with Gasteiger partial charge in [0, 0.05) is 7.11 Å². The van der Waals surface area contributed by atoms with E-state index in [1.54, 1.807) is 13.2 Å². The molecule has 0 aliphatic rings. The zero-order valence-electron chi connectivity index (χ0n) is 11.8. The lowest BCUT2D eigenvalue weighted by molar-refractivity contribution is -0.137. The maximum Gasteiger partial charge on any atom is 0.416 e. The van der Waals surface area contributed by atoms with Crippen molar-refractivity contribution in [3.63, 3.8) is 0 Å². The summed E-state index contributed by atoms with van der Waals surface area (Å²) in [5.41, 5.74) is -0.633. The number of hydrogen-bond acceptors (Lipinski definition) is 2. The van der Waals surface area contributed by atoms with Crippen molar-refractivity contribution in [2.24, 2.45) is 0 Å². The van der Waals surface area contributed by atoms with Crippen LogP contribution in [0.15, 0.2) is 24.3 Å². The van der Waals surface area contributed by atoms with E-state index in [4.69, 9.17) is 8.54 Å². The van der Waals surface area contributed by atoms with Gasteiger partial charge in [-0.2, -0.15) is 13.2 Å². The highest BCUT2D eigenvalue weighted by Crippen LogP contribution is 2.29. The molecule has 2 nitrogen and oxygen atoms in total. The summed E-state index contributed by atoms with van der Waals surface area (Å²) in [5, 5.41) is 0.625. The van der Waals surface area contributed by atoms with Gasteiger partial charge < -0.3 is 8.54 Å². The van der Waals surface area contributed by atoms with Crippen LogP contribution in [0.1, 0.15) is 5.56 Å². The van der Waals surface area contributed by atoms with E-state index in [2.05, 4.69) is 0 Å². The molecule has 0 spiro atoms. The Hall–Kier alpha value is -0.636. The summed E-state index contributed by atoms with van der Waals surface area (Å²) in [7, 11) is -3.12. The van der Waals surface area contributed by atoms with Crippen LogP contribution in [0.3, 0.4) is 0 Å². The Morgan fingerprint density at radius 2 is 1.63 bits per heavy atom. The predicted molar refractivity (Wildman–Crippen MR) is 74.1 cm³/mol. The number of halogens is 3. The second kappa shape index (κ2) is 5.39. The highest BCUT2D eigenvalue weighted by atomic mass is 28.4. The van der Waals surface area contributed by atoms with Crippen molar-refractivity contribution in [2.45, 2.75) is 32.4 Å². The van der Waals surface area contributed by atoms with Gasteiger partial charge in [0.25, 0.3) is 0 Å². The molecule has 1 aromatic rings. The van der Waals surface area contributed by atoms with Crippen LogP contribution in [0.25, 0.3) is 0 Å². The molecule has 0 unspecified atom stereocenters. The Kier molecular flexibility index (Phi) is 4.66. The minimum atomic E-state index is -4.32. The third-order valence-corrected chi connectivity index (χ3v) is 9.57. The van der Waals surface area contributed by atoms with E-state index >= 15 is 0 Å². The SMILES string of the molecule is CO[Si](C)(C)O[Si](C)(C)c1cccc(C(F)(F)F)c1. The number of hydrogen-bond donors (Lipinski definition) is 0. The largest absolute Gasteiger partial charge is 0.432 e. The minimum Gasteiger partial charge on any atom is -0.432 e. The van der Waals surface area contributed by atoms with Crippen LogP contribution in [-0.4, -0.2) is 24.0 Å². The first-order valence-corrected chi connectivity index (χ1v) is 11.6. The van der Waals surface area contributed by atoms with Crippen molar-refractivity contribution in [1.82, 2.24) is 0 Å². The molecule has 7 heteroatoms. The van der Waals surface area contributed by atoms with Crippen LogP contribution >= 0.6 is 0 Å². The fourth-order valence-electron chi connectivity index (χ4n) is 1.79. The molecule has 1 aromatic carbocycles. The molecule has 0 heterocycles. The van der Waals surface area contributed by atoms with Gasteiger partial charge in [0.2, 0.25) is 8.32 Å². The molecule has 108 valence electrons. The highest BCUT2D eigenvalue weighted by molar-refractivity contribution is 6.90. The first-order valence-electron chi connectivity index (χ1n) is 5.91. The lowest BCUT2D eigenvalue weighted by Gasteiger charge is -2.32. The molecule has 0 radical (unpaired) electrons. The van der Waals surface area contributed by atoms with Crippen molar-refractivity contribution in [3.05, 3.63) is 29.8 Å². The van der Waals surface area contributed by atoms with Crippen molar-refractivity contribution >= 4 is 22.1 Å². The average molecular weight is 308 g/mol. The third kappa shape index (κ3) is 4.45. The molecule has 0 bridgehead atoms. The molecule has 0 saturated heterocycles. The van der Waals surface area contributed by atoms with Crippen molar-refractivity contribution < 1.29 is 21.7 Å². The second-order valence-electron chi connectivity index (χ2n) is 5.29. The standard InChI is InChI=1S/C12H19F3O2Si2/c1-16-19(4,5)17-18(2,3)11-8-6-7-10(9-11)12(13,14)15/h6-9H,1-5H3. The molecule has 0 saturated carbocycles. The van der Waals surface area contributed by atoms with Crippen molar-refractivity contribution in [2.75, 3.05) is 7.11 Å². The lowest BCUT2D eigenvalue weighted by Crippen LogP contribution is -2.53. The van der Waals surface area contributed by atoms with E-state index in [0.717, 1.165) is 6.07 Å². The molecular formula is C12H19F3O2Si2. The van der Waals surface area contributed by atoms with Gasteiger partial charge in [-0.25, -0.2) is 0 Å². The fraction of sp³-hybridized carbons (Fsp3) is 0.500. The quantitative estimate of drug-likeness (QED) is 0.793. The van der Waals surface area contributed by atoms with Gasteiger partial charge in [0.1, 0.15) is 0 Å². The minimum absolute atomic E-state index is 0.625. The van der Waals surface area contributed by atoms with Crippen LogP contribution in [0.2, 0.25) is 26.2 Å². The summed E-state index contributed by atoms with van der Waals surface area (Å²) in [5.74, 6) is 0. The van der Waals surface area contributed by atoms with E-state index in [1.807, 2.05) is 26.2 Å². The Morgan fingerprint density at radius 3 is 2.11 bits per heavy atom. The molecule has 0 aliphatic heterocycles. The van der Waals surface area contributed by atoms with Crippen LogP contribution in [0.5, 0.6) is 0 Å². The topological polar surface area (TPSA) is 18.5 Å². The third-order valence-electron chi connectivity index (χ3n) is 2.88. The molecular weight excluding hydrogens is 289 g/mol. The van der Waals surface area contributed by atoms with Gasteiger partial charge in [-0.3, -0.25) is 0 Å². The summed E-state index contributed by atoms with van der Waals surface area (Å²) in [6, 6.07) is 5.39. The zero-order chi connectivity index (χ0) is 14.9. The molecule has 0 atom stereocenters. The smallest absolute Gasteiger partial charge is 0.416 e. The molecule has 0 aromatic heterocycles. The van der Waals surface area contributed by atoms with Gasteiger partial charge >= 0.3 is 14.7 Å². The second-order valence-corrected chi connectivity index (χ2v) is 12.9. The van der Waals surface area contributed by atoms with Gasteiger partial charge in [-0.15, -0.1) is 0 Å². The summed E-state index contributed by atoms with van der Waals surface area (Å²) < 4.78 is 49.5. The van der Waals surface area contributed by atoms with Crippen LogP contribution < -0.4 is 5.19 Å². The van der Waals surface area contributed by atoms with E-state index in [-0.39, 0.29) is 0 Å². The normalized spacial score (nSPS) is 13.7. The van der Waals surface area contributed by atoms with Crippen molar-refractivity contribution in [3.8, 4) is 0 Å². The molecule has 1 rings (SSSR count). The molecule has 0 N–H and O–H groups in total. The summed E-state index contributed by atoms with van der Waals surface area (Å²) >= 11 is 0. The Morgan fingerprint density at radius 1 is 1.05 bits per heavy atom. The summed E-state index contributed by atoms with van der Waals surface area (Å²) in [6.45, 7) is 7.54. The molecule has 0 amide bonds. The van der Waals surface area contributed by atoms with Crippen LogP contribution in [0, 0.1) is 0 Å². The lowest BCUT2D eigenvalue weighted by atomic mass is 10.2. The first-order chi connectivity index (χ1) is 8.48. The van der Waals surface area contributed by atoms with Gasteiger partial charge in [0.15, 0.2) is 0 Å². The van der Waals surface area contributed by atoms with E-state index in [1.165, 1.54) is 12.1 Å². The van der Waals surface area contributed by atoms with E-state index in [0.29, 0.717) is 5.19 Å². The molecule has 19 heavy (non-hydrogen) atoms. The number of alkyl halides is 3. The number of rotatable bonds is 4. The maximum absolute atomic E-state index is 12.7. The molecule has 0 aliphatic carbocycles. The average Bonchev–Trinajstić information content (AvgIpc) is 2.27. The zero-order valence-corrected chi connectivity index (χ0v) is 13.8. The Balaban J connectivity index is 3.08. The molecule has 0 fully saturated rings. The van der Waals surface area contributed by atoms with Gasteiger partial charge in [0.05, 0.1) is 5.56 Å². The van der Waals surface area contributed by atoms with E-state index in [9.17, 15) is 13.2 Å². The first kappa shape index (κ1) is 16.4. The van der Waals surface area contributed by atoms with Crippen LogP contribution in [0.4, 0.5) is 13.2 Å². The maximum atomic E-state index is 12.7. The van der Waals surface area contributed by atoms with Crippen molar-refractivity contribution in [1.29, 1.82) is 0 Å². The Bertz CT molecular complexity index is 445. The van der Waals surface area contributed by atoms with Crippen LogP contribution in [-0.2, 0) is 14.7 Å². The Labute approximate surface area is 113 Å². The predicted octanol–water partition coefficient (Wildman–Crippen LogP) is 3.48. The number of benzene rings is 1. The highest BCUT2D eigenvalue weighted by Gasteiger charge is 2.37. The van der Waals surface area contributed by atoms with E-state index < -0.39 is 28.6 Å². The fourth-order valence-corrected chi connectivity index (χ4v) is 8.51. The summed E-state index contributed by atoms with van der Waals surface area (Å²) in [6.07, 6.45) is -4.32. The van der Waals surface area contributed by atoms with Gasteiger partial charge in [-0.1, -0.05) is 18.2 Å². The summed E-state index contributed by atoms with van der Waals surface area (Å²) in [4.78, 5) is 0. The monoisotopic (exact) mass is 308 g/mol.